The van der Waals surface area contributed by atoms with Gasteiger partial charge >= 0.3 is 81.1 Å². The van der Waals surface area contributed by atoms with Crippen molar-refractivity contribution in [3.05, 3.63) is 140 Å². The van der Waals surface area contributed by atoms with E-state index >= 15 is 0 Å². The van der Waals surface area contributed by atoms with Crippen LogP contribution in [0, 0.1) is 0 Å². The fourth-order valence-electron chi connectivity index (χ4n) is 9.26. The largest absolute Gasteiger partial charge is 0.496 e. The number of fused-ring (bicyclic) bond motifs is 4. The van der Waals surface area contributed by atoms with Gasteiger partial charge in [-0.1, -0.05) is 140 Å². The highest BCUT2D eigenvalue weighted by Gasteiger charge is 2.80. The minimum Gasteiger partial charge on any atom is -0.282 e. The lowest BCUT2D eigenvalue weighted by Crippen LogP contribution is -2.53. The van der Waals surface area contributed by atoms with Gasteiger partial charge in [0.2, 0.25) is 0 Å². The van der Waals surface area contributed by atoms with Crippen LogP contribution in [0.1, 0.15) is 214 Å². The van der Waals surface area contributed by atoms with Crippen molar-refractivity contribution in [1.82, 2.24) is 0 Å². The Morgan fingerprint density at radius 3 is 0.929 bits per heavy atom. The average molecular weight is 1550 g/mol. The number of hydrogen-bond donors (Lipinski definition) is 0. The lowest BCUT2D eigenvalue weighted by Gasteiger charge is -2.50. The van der Waals surface area contributed by atoms with E-state index in [2.05, 4.69) is 48.6 Å². The van der Waals surface area contributed by atoms with E-state index in [0.29, 0.717) is 62.5 Å². The molecule has 5 atom stereocenters. The summed E-state index contributed by atoms with van der Waals surface area (Å²) in [6.07, 6.45) is 24.3. The Bertz CT molecular complexity index is 3630. The van der Waals surface area contributed by atoms with Crippen LogP contribution in [0.15, 0.2) is 140 Å². The molecule has 0 aromatic heterocycles. The second-order valence-corrected chi connectivity index (χ2v) is 38.5. The van der Waals surface area contributed by atoms with Gasteiger partial charge in [-0.05, 0) is 214 Å². The van der Waals surface area contributed by atoms with E-state index in [1.807, 2.05) is 83.1 Å². The first-order valence-electron chi connectivity index (χ1n) is 32.6. The van der Waals surface area contributed by atoms with Crippen molar-refractivity contribution in [2.24, 2.45) is 0 Å². The van der Waals surface area contributed by atoms with E-state index in [4.69, 9.17) is 89.6 Å². The molecule has 1 spiro atoms. The zero-order chi connectivity index (χ0) is 73.2. The van der Waals surface area contributed by atoms with Crippen LogP contribution in [-0.4, -0.2) is 44.9 Å². The Labute approximate surface area is 584 Å². The second-order valence-electron chi connectivity index (χ2n) is 25.5. The molecule has 4 bridgehead atoms. The third kappa shape index (κ3) is 29.3. The van der Waals surface area contributed by atoms with Gasteiger partial charge in [0, 0.05) is 0 Å². The maximum atomic E-state index is 15.0. The Balaban J connectivity index is 1.22. The highest BCUT2D eigenvalue weighted by molar-refractivity contribution is 7.66. The minimum atomic E-state index is -5.96. The molecule has 8 rings (SSSR count). The fraction of sp³-hybridized carbons (Fsp3) is 0.619. The third-order valence-corrected chi connectivity index (χ3v) is 28.3. The first kappa shape index (κ1) is 85.8. The Morgan fingerprint density at radius 1 is 0.313 bits per heavy atom. The molecular weight excluding hydrogens is 1450 g/mol. The lowest BCUT2D eigenvalue weighted by atomic mass is 10.1. The van der Waals surface area contributed by atoms with Gasteiger partial charge in [-0.25, -0.2) is 90.8 Å². The van der Waals surface area contributed by atoms with Gasteiger partial charge in [0.25, 0.3) is 0 Å². The highest BCUT2D eigenvalue weighted by Crippen LogP contribution is 2.89. The maximum Gasteiger partial charge on any atom is 0.496 e. The maximum absolute atomic E-state index is 15.0. The van der Waals surface area contributed by atoms with Crippen molar-refractivity contribution in [1.29, 1.82) is 0 Å². The number of phosphoric ester groups is 8. The van der Waals surface area contributed by atoms with Crippen molar-refractivity contribution in [3.8, 4) is 0 Å². The third-order valence-electron chi connectivity index (χ3n) is 14.6. The van der Waals surface area contributed by atoms with Crippen LogP contribution < -0.4 is 0 Å². The molecule has 0 amide bonds. The Hall–Kier alpha value is -2.08. The molecule has 8 aliphatic rings. The van der Waals surface area contributed by atoms with Crippen LogP contribution in [0.2, 0.25) is 0 Å². The topological polar surface area (TPSA) is 321 Å². The molecular formula is C63H100O28P8. The molecule has 28 nitrogen and oxygen atoms in total. The van der Waals surface area contributed by atoms with E-state index < -0.39 is 107 Å². The van der Waals surface area contributed by atoms with Gasteiger partial charge in [-0.15, -0.1) is 0 Å². The summed E-state index contributed by atoms with van der Waals surface area (Å²) in [7, 11) is -42.9. The monoisotopic (exact) mass is 1550 g/mol. The zero-order valence-corrected chi connectivity index (χ0v) is 66.7. The summed E-state index contributed by atoms with van der Waals surface area (Å²) in [6, 6.07) is 0. The number of hydrogen-bond acceptors (Lipinski definition) is 28. The minimum absolute atomic E-state index is 0.436. The average Bonchev–Trinajstić information content (AvgIpc) is 0.705. The van der Waals surface area contributed by atoms with Gasteiger partial charge in [-0.3, -0.25) is 18.1 Å². The van der Waals surface area contributed by atoms with Crippen LogP contribution >= 0.6 is 62.6 Å². The summed E-state index contributed by atoms with van der Waals surface area (Å²) in [4.78, 5) is 0. The molecule has 0 aromatic rings. The smallest absolute Gasteiger partial charge is 0.282 e. The van der Waals surface area contributed by atoms with Crippen molar-refractivity contribution in [3.63, 3.8) is 0 Å². The molecule has 99 heavy (non-hydrogen) atoms. The first-order chi connectivity index (χ1) is 46.1. The quantitative estimate of drug-likeness (QED) is 0.0405. The second kappa shape index (κ2) is 37.4. The first-order valence-corrected chi connectivity index (χ1v) is 44.3. The molecule has 560 valence electrons. The van der Waals surface area contributed by atoms with Crippen molar-refractivity contribution in [2.45, 2.75) is 232 Å². The molecule has 0 aliphatic carbocycles. The number of allylic oxidation sites excluding steroid dienone is 20. The molecule has 0 aromatic carbocycles. The molecule has 8 heterocycles. The van der Waals surface area contributed by atoms with Crippen LogP contribution in [0.25, 0.3) is 0 Å². The van der Waals surface area contributed by atoms with Crippen LogP contribution in [0.5, 0.6) is 0 Å². The van der Waals surface area contributed by atoms with Crippen LogP contribution in [-0.2, 0) is 126 Å². The summed E-state index contributed by atoms with van der Waals surface area (Å²) >= 11 is 0. The molecule has 0 saturated carbocycles. The fourth-order valence-corrected chi connectivity index (χ4v) is 22.1. The predicted molar refractivity (Wildman–Crippen MR) is 372 cm³/mol. The van der Waals surface area contributed by atoms with E-state index in [1.165, 1.54) is 45.6 Å². The van der Waals surface area contributed by atoms with Gasteiger partial charge in [0.1, 0.15) is 0 Å². The van der Waals surface area contributed by atoms with Crippen molar-refractivity contribution < 1.29 is 126 Å². The van der Waals surface area contributed by atoms with Gasteiger partial charge in [-0.2, -0.15) is 17.2 Å². The van der Waals surface area contributed by atoms with Crippen molar-refractivity contribution >= 4 is 62.6 Å². The summed E-state index contributed by atoms with van der Waals surface area (Å²) < 4.78 is 219. The summed E-state index contributed by atoms with van der Waals surface area (Å²) in [6.45, 7) is 29.2. The SMILES string of the molecule is CC(C)=CCCC(C)=CCCC(C)=CCOP1(=O)OC2(OP(=O)(OCC=C(C)CCC=C(C)CCC=C(C)C)OP3(=O)OC4(OP(=O)(OCC=C(C)CCC=C(C)CCC=C(C)C)OP(=O)(OC56OP(=O)(OCC=C(C)CCC=C(C)CCC=C(C)C)OP(=O)(O5)O6)O4)O3)OP(=O)(O2)O1. The predicted octanol–water partition coefficient (Wildman–Crippen LogP) is 23.8. The molecule has 0 radical (unpaired) electrons. The van der Waals surface area contributed by atoms with E-state index in [9.17, 15) is 36.5 Å². The molecule has 0 N–H and O–H groups in total. The molecule has 8 aliphatic heterocycles. The van der Waals surface area contributed by atoms with E-state index in [-0.39, 0.29) is 0 Å². The standard InChI is InChI=1S/C63H100O28P8/c1-49(2)25-17-29-53(9)33-21-37-57(13)41-45-72-92(64)76-61(80-96(68,81-61)88-92)77-93(65,73-46-42-58(14)38-22-34-54(10)30-18-26-50(3)4)89-97(69)82-62(83-97)78-94(66,74-47-43-59(15)39-23-35-55(11)31-19-27-51(5)6)90-98(70,84-62)85-63-79-95(67,91-99(71,86-63)87-63)75-48-44-60(16)40-24-36-56(12)32-20-28-52(7)8/h25-28,33-36,41-44H,17-24,29-32,37-40,45-48H2,1-16H3. The summed E-state index contributed by atoms with van der Waals surface area (Å²) in [5.74, 6) is 0. The lowest BCUT2D eigenvalue weighted by molar-refractivity contribution is -0.467. The van der Waals surface area contributed by atoms with Gasteiger partial charge in [0.05, 0.1) is 26.4 Å². The molecule has 5 unspecified atom stereocenters. The highest BCUT2D eigenvalue weighted by atomic mass is 31.3. The summed E-state index contributed by atoms with van der Waals surface area (Å²) in [5, 5.41) is 0. The molecule has 8 saturated heterocycles. The van der Waals surface area contributed by atoms with Crippen molar-refractivity contribution in [2.75, 3.05) is 26.4 Å². The Kier molecular flexibility index (Phi) is 32.5. The number of rotatable bonds is 42. The summed E-state index contributed by atoms with van der Waals surface area (Å²) in [5.41, 5.74) is 12.6. The van der Waals surface area contributed by atoms with E-state index in [1.54, 1.807) is 39.8 Å². The normalized spacial score (nSPS) is 32.7. The van der Waals surface area contributed by atoms with Crippen LogP contribution in [0.4, 0.5) is 0 Å². The molecule has 36 heteroatoms. The van der Waals surface area contributed by atoms with Gasteiger partial charge < -0.3 is 0 Å². The number of phosphoric acid groups is 8. The van der Waals surface area contributed by atoms with E-state index in [0.717, 1.165) is 73.7 Å². The zero-order valence-electron chi connectivity index (χ0n) is 59.6. The van der Waals surface area contributed by atoms with Gasteiger partial charge in [0.15, 0.2) is 0 Å². The Morgan fingerprint density at radius 2 is 0.586 bits per heavy atom. The molecule has 8 fully saturated rings. The van der Waals surface area contributed by atoms with Crippen LogP contribution in [0.3, 0.4) is 0 Å².